The summed E-state index contributed by atoms with van der Waals surface area (Å²) >= 11 is 0. The van der Waals surface area contributed by atoms with Crippen LogP contribution in [0.2, 0.25) is 0 Å². The van der Waals surface area contributed by atoms with Crippen LogP contribution in [0.1, 0.15) is 101 Å². The van der Waals surface area contributed by atoms with E-state index in [0.29, 0.717) is 17.9 Å². The maximum atomic E-state index is 14.9. The lowest BCUT2D eigenvalue weighted by atomic mass is 9.65. The number of unbranched alkanes of at least 4 members (excludes halogenated alkanes) is 1. The Morgan fingerprint density at radius 2 is 1.82 bits per heavy atom. The number of ether oxygens (including phenoxy) is 1. The van der Waals surface area contributed by atoms with Gasteiger partial charge in [-0.25, -0.2) is 4.39 Å². The highest BCUT2D eigenvalue weighted by atomic mass is 19.1. The summed E-state index contributed by atoms with van der Waals surface area (Å²) in [6, 6.07) is 4.29. The van der Waals surface area contributed by atoms with Crippen molar-refractivity contribution in [2.75, 3.05) is 6.61 Å². The molecule has 0 spiro atoms. The van der Waals surface area contributed by atoms with Crippen molar-refractivity contribution < 1.29 is 9.13 Å². The summed E-state index contributed by atoms with van der Waals surface area (Å²) < 4.78 is 21.0. The molecular weight excluding hydrogens is 347 g/mol. The number of hydrogen-bond acceptors (Lipinski definition) is 1. The molecule has 0 radical (unpaired) electrons. The third-order valence-corrected chi connectivity index (χ3v) is 8.09. The standard InChI is InChI=1S/C26H39FO/c1-3-5-12-28-24-11-10-19-14-20(8-9-21(19)16-24)23-15-22-7-6-18(4-2)13-25(22)26(27)17-23/h15,17-21,24H,3-14,16H2,1-2H3. The first-order valence-corrected chi connectivity index (χ1v) is 12.1. The van der Waals surface area contributed by atoms with Gasteiger partial charge in [0.25, 0.3) is 0 Å². The molecule has 5 unspecified atom stereocenters. The Morgan fingerprint density at radius 3 is 2.64 bits per heavy atom. The molecule has 3 aliphatic rings. The molecule has 3 aliphatic carbocycles. The lowest BCUT2D eigenvalue weighted by molar-refractivity contribution is -0.0159. The third-order valence-electron chi connectivity index (χ3n) is 8.09. The first-order chi connectivity index (χ1) is 13.7. The molecule has 4 rings (SSSR count). The van der Waals surface area contributed by atoms with E-state index in [4.69, 9.17) is 4.74 Å². The molecule has 0 heterocycles. The fraction of sp³-hybridized carbons (Fsp3) is 0.769. The van der Waals surface area contributed by atoms with E-state index < -0.39 is 0 Å². The minimum absolute atomic E-state index is 0.0841. The van der Waals surface area contributed by atoms with Crippen LogP contribution >= 0.6 is 0 Å². The van der Waals surface area contributed by atoms with Crippen LogP contribution in [0.3, 0.4) is 0 Å². The normalized spacial score (nSPS) is 32.6. The van der Waals surface area contributed by atoms with E-state index in [2.05, 4.69) is 19.9 Å². The number of rotatable bonds is 6. The number of benzene rings is 1. The molecule has 0 aromatic heterocycles. The summed E-state index contributed by atoms with van der Waals surface area (Å²) in [5, 5.41) is 0. The molecule has 2 saturated carbocycles. The smallest absolute Gasteiger partial charge is 0.126 e. The first-order valence-electron chi connectivity index (χ1n) is 12.1. The summed E-state index contributed by atoms with van der Waals surface area (Å²) in [7, 11) is 0. The Bertz CT molecular complexity index is 654. The van der Waals surface area contributed by atoms with Gasteiger partial charge in [-0.3, -0.25) is 0 Å². The Balaban J connectivity index is 1.38. The van der Waals surface area contributed by atoms with E-state index in [1.165, 1.54) is 75.3 Å². The Labute approximate surface area is 171 Å². The topological polar surface area (TPSA) is 9.23 Å². The largest absolute Gasteiger partial charge is 0.378 e. The summed E-state index contributed by atoms with van der Waals surface area (Å²) in [5.74, 6) is 3.00. The van der Waals surface area contributed by atoms with Gasteiger partial charge in [0.15, 0.2) is 0 Å². The van der Waals surface area contributed by atoms with Crippen molar-refractivity contribution in [3.63, 3.8) is 0 Å². The summed E-state index contributed by atoms with van der Waals surface area (Å²) in [4.78, 5) is 0. The molecule has 28 heavy (non-hydrogen) atoms. The average Bonchev–Trinajstić information content (AvgIpc) is 2.73. The zero-order valence-corrected chi connectivity index (χ0v) is 18.0. The minimum Gasteiger partial charge on any atom is -0.378 e. The quantitative estimate of drug-likeness (QED) is 0.469. The van der Waals surface area contributed by atoms with E-state index >= 15 is 0 Å². The van der Waals surface area contributed by atoms with Crippen LogP contribution in [0.25, 0.3) is 0 Å². The van der Waals surface area contributed by atoms with E-state index in [0.717, 1.165) is 36.8 Å². The van der Waals surface area contributed by atoms with Gasteiger partial charge in [0.05, 0.1) is 6.10 Å². The number of hydrogen-bond donors (Lipinski definition) is 0. The lowest BCUT2D eigenvalue weighted by Crippen LogP contribution is -2.34. The fourth-order valence-corrected chi connectivity index (χ4v) is 6.20. The van der Waals surface area contributed by atoms with Gasteiger partial charge in [-0.1, -0.05) is 32.8 Å². The molecule has 0 bridgehead atoms. The highest BCUT2D eigenvalue weighted by Gasteiger charge is 2.36. The van der Waals surface area contributed by atoms with E-state index in [1.807, 2.05) is 6.07 Å². The van der Waals surface area contributed by atoms with Crippen LogP contribution < -0.4 is 0 Å². The SMILES string of the molecule is CCCCOC1CCC2CC(c3cc(F)c4c(c3)CCC(CC)C4)CCC2C1. The number of halogens is 1. The van der Waals surface area contributed by atoms with Crippen LogP contribution in [-0.4, -0.2) is 12.7 Å². The second-order valence-corrected chi connectivity index (χ2v) is 9.85. The van der Waals surface area contributed by atoms with Crippen LogP contribution in [0, 0.1) is 23.6 Å². The first kappa shape index (κ1) is 20.4. The van der Waals surface area contributed by atoms with Crippen LogP contribution in [-0.2, 0) is 17.6 Å². The van der Waals surface area contributed by atoms with Crippen molar-refractivity contribution in [1.29, 1.82) is 0 Å². The summed E-state index contributed by atoms with van der Waals surface area (Å²) in [5.41, 5.74) is 3.64. The predicted octanol–water partition coefficient (Wildman–Crippen LogP) is 7.21. The molecule has 0 aliphatic heterocycles. The van der Waals surface area contributed by atoms with Gasteiger partial charge >= 0.3 is 0 Å². The minimum atomic E-state index is 0.0841. The summed E-state index contributed by atoms with van der Waals surface area (Å²) in [6.07, 6.45) is 15.0. The third kappa shape index (κ3) is 4.48. The van der Waals surface area contributed by atoms with Crippen molar-refractivity contribution in [2.45, 2.75) is 103 Å². The zero-order chi connectivity index (χ0) is 19.5. The monoisotopic (exact) mass is 386 g/mol. The molecule has 0 amide bonds. The van der Waals surface area contributed by atoms with Gasteiger partial charge < -0.3 is 4.74 Å². The van der Waals surface area contributed by atoms with Crippen molar-refractivity contribution >= 4 is 0 Å². The molecule has 5 atom stereocenters. The predicted molar refractivity (Wildman–Crippen MR) is 114 cm³/mol. The Morgan fingerprint density at radius 1 is 1.00 bits per heavy atom. The highest BCUT2D eigenvalue weighted by Crippen LogP contribution is 2.47. The van der Waals surface area contributed by atoms with Crippen LogP contribution in [0.15, 0.2) is 12.1 Å². The molecule has 0 N–H and O–H groups in total. The molecule has 2 heteroatoms. The highest BCUT2D eigenvalue weighted by molar-refractivity contribution is 5.37. The van der Waals surface area contributed by atoms with Crippen LogP contribution in [0.4, 0.5) is 4.39 Å². The average molecular weight is 387 g/mol. The maximum absolute atomic E-state index is 14.9. The number of aryl methyl sites for hydroxylation is 1. The second kappa shape index (κ2) is 9.28. The molecule has 2 fully saturated rings. The van der Waals surface area contributed by atoms with E-state index in [9.17, 15) is 4.39 Å². The molecule has 1 aromatic carbocycles. The van der Waals surface area contributed by atoms with E-state index in [-0.39, 0.29) is 5.82 Å². The van der Waals surface area contributed by atoms with Gasteiger partial charge in [-0.05, 0) is 111 Å². The van der Waals surface area contributed by atoms with E-state index in [1.54, 1.807) is 0 Å². The number of fused-ring (bicyclic) bond motifs is 2. The van der Waals surface area contributed by atoms with Gasteiger partial charge in [-0.15, -0.1) is 0 Å². The zero-order valence-electron chi connectivity index (χ0n) is 18.0. The fourth-order valence-electron chi connectivity index (χ4n) is 6.20. The van der Waals surface area contributed by atoms with Crippen LogP contribution in [0.5, 0.6) is 0 Å². The lowest BCUT2D eigenvalue weighted by Gasteiger charge is -2.42. The van der Waals surface area contributed by atoms with Gasteiger partial charge in [0.2, 0.25) is 0 Å². The second-order valence-electron chi connectivity index (χ2n) is 9.85. The van der Waals surface area contributed by atoms with Crippen molar-refractivity contribution in [3.05, 3.63) is 34.6 Å². The van der Waals surface area contributed by atoms with Gasteiger partial charge in [0, 0.05) is 6.61 Å². The Kier molecular flexibility index (Phi) is 6.76. The molecule has 1 nitrogen and oxygen atoms in total. The maximum Gasteiger partial charge on any atom is 0.126 e. The van der Waals surface area contributed by atoms with Gasteiger partial charge in [0.1, 0.15) is 5.82 Å². The molecular formula is C26H39FO. The Hall–Kier alpha value is -0.890. The molecule has 156 valence electrons. The van der Waals surface area contributed by atoms with Crippen molar-refractivity contribution in [3.8, 4) is 0 Å². The van der Waals surface area contributed by atoms with Crippen molar-refractivity contribution in [2.24, 2.45) is 17.8 Å². The van der Waals surface area contributed by atoms with Gasteiger partial charge in [-0.2, -0.15) is 0 Å². The summed E-state index contributed by atoms with van der Waals surface area (Å²) in [6.45, 7) is 5.41. The molecule has 0 saturated heterocycles. The van der Waals surface area contributed by atoms with Crippen molar-refractivity contribution in [1.82, 2.24) is 0 Å². The molecule has 1 aromatic rings.